The zero-order valence-electron chi connectivity index (χ0n) is 17.0. The Hall–Kier alpha value is -2.05. The highest BCUT2D eigenvalue weighted by Crippen LogP contribution is 2.38. The number of hydrogen-bond donors (Lipinski definition) is 2. The molecule has 146 valence electrons. The second kappa shape index (κ2) is 8.10. The molecule has 1 aliphatic rings. The second-order valence-electron chi connectivity index (χ2n) is 8.33. The summed E-state index contributed by atoms with van der Waals surface area (Å²) in [5.41, 5.74) is -0.393. The highest BCUT2D eigenvalue weighted by Gasteiger charge is 2.42. The molecule has 0 saturated heterocycles. The molecular formula is C19H33N5O2. The van der Waals surface area contributed by atoms with Crippen LogP contribution in [0.25, 0.3) is 0 Å². The van der Waals surface area contributed by atoms with Crippen LogP contribution in [-0.4, -0.2) is 49.4 Å². The van der Waals surface area contributed by atoms with Crippen molar-refractivity contribution >= 4 is 11.9 Å². The molecule has 1 amide bonds. The molecule has 7 nitrogen and oxygen atoms in total. The zero-order valence-corrected chi connectivity index (χ0v) is 17.0. The predicted octanol–water partition coefficient (Wildman–Crippen LogP) is 2.29. The number of carbonyl (C=O) groups excluding carboxylic acids is 1. The molecule has 1 saturated carbocycles. The Bertz CT molecular complexity index is 637. The highest BCUT2D eigenvalue weighted by atomic mass is 16.4. The van der Waals surface area contributed by atoms with Crippen LogP contribution in [0.15, 0.2) is 15.6 Å². The molecule has 0 unspecified atom stereocenters. The Labute approximate surface area is 156 Å². The van der Waals surface area contributed by atoms with Crippen LogP contribution in [0.1, 0.15) is 58.1 Å². The summed E-state index contributed by atoms with van der Waals surface area (Å²) in [6.07, 6.45) is 5.81. The summed E-state index contributed by atoms with van der Waals surface area (Å²) in [4.78, 5) is 22.9. The van der Waals surface area contributed by atoms with Crippen LogP contribution < -0.4 is 10.6 Å². The summed E-state index contributed by atoms with van der Waals surface area (Å²) in [5, 5.41) is 6.53. The summed E-state index contributed by atoms with van der Waals surface area (Å²) < 4.78 is 5.79. The van der Waals surface area contributed by atoms with Gasteiger partial charge in [0.05, 0.1) is 18.2 Å². The monoisotopic (exact) mass is 363 g/mol. The van der Waals surface area contributed by atoms with Gasteiger partial charge in [0.25, 0.3) is 0 Å². The van der Waals surface area contributed by atoms with Crippen molar-refractivity contribution in [3.05, 3.63) is 17.8 Å². The highest BCUT2D eigenvalue weighted by molar-refractivity contribution is 5.85. The van der Waals surface area contributed by atoms with Crippen LogP contribution in [-0.2, 0) is 16.8 Å². The first-order chi connectivity index (χ1) is 12.2. The topological polar surface area (TPSA) is 82.8 Å². The fraction of sp³-hybridized carbons (Fsp3) is 0.737. The largest absolute Gasteiger partial charge is 0.443 e. The molecule has 1 aromatic heterocycles. The van der Waals surface area contributed by atoms with E-state index >= 15 is 0 Å². The van der Waals surface area contributed by atoms with Gasteiger partial charge < -0.3 is 20.0 Å². The number of nitrogens with one attached hydrogen (secondary N) is 2. The third-order valence-corrected chi connectivity index (χ3v) is 4.94. The van der Waals surface area contributed by atoms with Gasteiger partial charge in [-0.1, -0.05) is 33.6 Å². The van der Waals surface area contributed by atoms with Gasteiger partial charge >= 0.3 is 0 Å². The fourth-order valence-corrected chi connectivity index (χ4v) is 3.36. The first kappa shape index (κ1) is 20.3. The van der Waals surface area contributed by atoms with E-state index in [1.54, 1.807) is 18.1 Å². The average Bonchev–Trinajstić information content (AvgIpc) is 3.24. The van der Waals surface area contributed by atoms with Gasteiger partial charge in [-0.05, 0) is 12.8 Å². The van der Waals surface area contributed by atoms with Crippen LogP contribution in [0.2, 0.25) is 0 Å². The first-order valence-electron chi connectivity index (χ1n) is 9.29. The summed E-state index contributed by atoms with van der Waals surface area (Å²) in [6.45, 7) is 7.31. The number of nitrogens with zero attached hydrogens (tertiary/aromatic N) is 3. The molecule has 1 aromatic rings. The molecule has 0 aromatic carbocycles. The maximum atomic E-state index is 12.6. The minimum absolute atomic E-state index is 0.0629. The lowest BCUT2D eigenvalue weighted by Gasteiger charge is -2.31. The Morgan fingerprint density at radius 2 is 1.96 bits per heavy atom. The molecule has 2 rings (SSSR count). The molecule has 0 radical (unpaired) electrons. The lowest BCUT2D eigenvalue weighted by atomic mass is 9.84. The van der Waals surface area contributed by atoms with E-state index in [0.29, 0.717) is 24.9 Å². The number of oxazole rings is 1. The SMILES string of the molecule is CN=C(NCc1ncc(C(C)(C)C)o1)NCC1(C(=O)N(C)C)CCCC1. The van der Waals surface area contributed by atoms with E-state index in [1.807, 2.05) is 14.1 Å². The van der Waals surface area contributed by atoms with Gasteiger partial charge in [0.15, 0.2) is 5.96 Å². The molecule has 1 aliphatic carbocycles. The summed E-state index contributed by atoms with van der Waals surface area (Å²) in [6, 6.07) is 0. The smallest absolute Gasteiger partial charge is 0.230 e. The molecule has 1 fully saturated rings. The van der Waals surface area contributed by atoms with Crippen molar-refractivity contribution in [2.75, 3.05) is 27.7 Å². The van der Waals surface area contributed by atoms with E-state index in [4.69, 9.17) is 4.42 Å². The third-order valence-electron chi connectivity index (χ3n) is 4.94. The van der Waals surface area contributed by atoms with E-state index in [1.165, 1.54) is 0 Å². The van der Waals surface area contributed by atoms with E-state index in [9.17, 15) is 4.79 Å². The Morgan fingerprint density at radius 3 is 2.46 bits per heavy atom. The second-order valence-corrected chi connectivity index (χ2v) is 8.33. The standard InChI is InChI=1S/C19H33N5O2/c1-18(2,3)14-11-21-15(26-14)12-22-17(20-4)23-13-19(9-7-8-10-19)16(25)24(5)6/h11H,7-10,12-13H2,1-6H3,(H2,20,22,23). The van der Waals surface area contributed by atoms with Gasteiger partial charge in [0.1, 0.15) is 5.76 Å². The minimum Gasteiger partial charge on any atom is -0.443 e. The molecule has 7 heteroatoms. The number of aromatic nitrogens is 1. The Balaban J connectivity index is 1.93. The zero-order chi connectivity index (χ0) is 19.4. The number of aliphatic imine (C=N–C) groups is 1. The van der Waals surface area contributed by atoms with Crippen molar-refractivity contribution in [2.45, 2.75) is 58.4 Å². The number of rotatable bonds is 5. The lowest BCUT2D eigenvalue weighted by molar-refractivity contribution is -0.138. The van der Waals surface area contributed by atoms with Crippen LogP contribution in [0.4, 0.5) is 0 Å². The van der Waals surface area contributed by atoms with Crippen molar-refractivity contribution in [1.29, 1.82) is 0 Å². The van der Waals surface area contributed by atoms with Crippen LogP contribution >= 0.6 is 0 Å². The summed E-state index contributed by atoms with van der Waals surface area (Å²) in [7, 11) is 5.37. The molecule has 0 bridgehead atoms. The van der Waals surface area contributed by atoms with Crippen molar-refractivity contribution in [3.63, 3.8) is 0 Å². The third kappa shape index (κ3) is 4.77. The fourth-order valence-electron chi connectivity index (χ4n) is 3.36. The molecule has 0 atom stereocenters. The van der Waals surface area contributed by atoms with Crippen LogP contribution in [0.3, 0.4) is 0 Å². The minimum atomic E-state index is -0.330. The maximum absolute atomic E-state index is 12.6. The van der Waals surface area contributed by atoms with Gasteiger partial charge in [-0.15, -0.1) is 0 Å². The van der Waals surface area contributed by atoms with E-state index in [0.717, 1.165) is 31.4 Å². The quantitative estimate of drug-likeness (QED) is 0.619. The lowest BCUT2D eigenvalue weighted by Crippen LogP contribution is -2.49. The maximum Gasteiger partial charge on any atom is 0.230 e. The number of amides is 1. The Morgan fingerprint density at radius 1 is 1.31 bits per heavy atom. The van der Waals surface area contributed by atoms with Crippen molar-refractivity contribution < 1.29 is 9.21 Å². The van der Waals surface area contributed by atoms with E-state index in [-0.39, 0.29) is 16.7 Å². The van der Waals surface area contributed by atoms with Crippen LogP contribution in [0.5, 0.6) is 0 Å². The molecule has 0 aliphatic heterocycles. The van der Waals surface area contributed by atoms with Gasteiger partial charge in [-0.2, -0.15) is 0 Å². The number of guanidine groups is 1. The summed E-state index contributed by atoms with van der Waals surface area (Å²) >= 11 is 0. The van der Waals surface area contributed by atoms with Crippen LogP contribution in [0, 0.1) is 5.41 Å². The first-order valence-corrected chi connectivity index (χ1v) is 9.29. The number of carbonyl (C=O) groups is 1. The predicted molar refractivity (Wildman–Crippen MR) is 103 cm³/mol. The van der Waals surface area contributed by atoms with Crippen molar-refractivity contribution in [2.24, 2.45) is 10.4 Å². The normalized spacial score (nSPS) is 17.2. The van der Waals surface area contributed by atoms with Gasteiger partial charge in [-0.25, -0.2) is 4.98 Å². The van der Waals surface area contributed by atoms with E-state index < -0.39 is 0 Å². The van der Waals surface area contributed by atoms with Gasteiger partial charge in [0.2, 0.25) is 11.8 Å². The van der Waals surface area contributed by atoms with E-state index in [2.05, 4.69) is 41.4 Å². The van der Waals surface area contributed by atoms with Crippen molar-refractivity contribution in [3.8, 4) is 0 Å². The average molecular weight is 364 g/mol. The molecule has 0 spiro atoms. The van der Waals surface area contributed by atoms with Gasteiger partial charge in [0, 0.05) is 33.1 Å². The number of hydrogen-bond acceptors (Lipinski definition) is 4. The molecule has 2 N–H and O–H groups in total. The van der Waals surface area contributed by atoms with Crippen molar-refractivity contribution in [1.82, 2.24) is 20.5 Å². The molecule has 26 heavy (non-hydrogen) atoms. The molecule has 1 heterocycles. The van der Waals surface area contributed by atoms with Gasteiger partial charge in [-0.3, -0.25) is 9.79 Å². The molecular weight excluding hydrogens is 330 g/mol. The Kier molecular flexibility index (Phi) is 6.31. The summed E-state index contributed by atoms with van der Waals surface area (Å²) in [5.74, 6) is 2.33.